The summed E-state index contributed by atoms with van der Waals surface area (Å²) in [7, 11) is -0.813. The minimum absolute atomic E-state index is 0.109. The van der Waals surface area contributed by atoms with Gasteiger partial charge in [0.15, 0.2) is 6.79 Å². The minimum Gasteiger partial charge on any atom is -0.468 e. The Balaban J connectivity index is 2.39. The van der Waals surface area contributed by atoms with Gasteiger partial charge in [-0.05, 0) is 77.0 Å². The van der Waals surface area contributed by atoms with Crippen molar-refractivity contribution in [2.24, 2.45) is 0 Å². The van der Waals surface area contributed by atoms with Crippen LogP contribution in [-0.2, 0) is 18.5 Å². The van der Waals surface area contributed by atoms with Crippen molar-refractivity contribution in [1.29, 1.82) is 0 Å². The molecule has 0 amide bonds. The number of rotatable bonds is 10. The van der Waals surface area contributed by atoms with E-state index in [9.17, 15) is 21.6 Å². The van der Waals surface area contributed by atoms with Crippen LogP contribution in [0.3, 0.4) is 0 Å². The van der Waals surface area contributed by atoms with Crippen molar-refractivity contribution < 1.29 is 34.7 Å². The summed E-state index contributed by atoms with van der Waals surface area (Å²) in [5.41, 5.74) is -4.09. The van der Waals surface area contributed by atoms with Gasteiger partial charge in [-0.15, -0.1) is 0 Å². The molecule has 0 radical (unpaired) electrons. The normalized spacial score (nSPS) is 12.8. The first kappa shape index (κ1) is 28.6. The lowest BCUT2D eigenvalue weighted by Gasteiger charge is -2.40. The van der Waals surface area contributed by atoms with Crippen LogP contribution in [-0.4, -0.2) is 56.0 Å². The average Bonchev–Trinajstić information content (AvgIpc) is 2.85. The zero-order chi connectivity index (χ0) is 27.4. The van der Waals surface area contributed by atoms with Crippen molar-refractivity contribution >= 4 is 31.8 Å². The molecule has 0 aliphatic heterocycles. The van der Waals surface area contributed by atoms with Crippen LogP contribution in [0, 0.1) is 0 Å². The highest BCUT2D eigenvalue weighted by Gasteiger charge is 2.52. The molecule has 0 saturated carbocycles. The second-order valence-electron chi connectivity index (χ2n) is 8.33. The van der Waals surface area contributed by atoms with Gasteiger partial charge in [0.25, 0.3) is 0 Å². The number of nitrogens with zero attached hydrogens (tertiary/aromatic N) is 2. The number of hydrogen-bond acceptors (Lipinski definition) is 7. The van der Waals surface area contributed by atoms with Gasteiger partial charge in [0.05, 0.1) is 0 Å². The van der Waals surface area contributed by atoms with Gasteiger partial charge in [-0.1, -0.05) is 6.07 Å². The SMILES string of the molecule is COCOc1cccc(S(OS(=O)(=O)C(F)(F)F)(c2ccc(N(C)C)cc2)c2ccc(N(C)C)cc2)c1. The Bertz CT molecular complexity index is 1250. The Morgan fingerprint density at radius 3 is 1.65 bits per heavy atom. The summed E-state index contributed by atoms with van der Waals surface area (Å²) in [6.07, 6.45) is 0. The Hall–Kier alpha value is -2.93. The van der Waals surface area contributed by atoms with Crippen LogP contribution in [0.15, 0.2) is 87.5 Å². The second-order valence-corrected chi connectivity index (χ2v) is 12.8. The highest BCUT2D eigenvalue weighted by atomic mass is 32.3. The molecule has 37 heavy (non-hydrogen) atoms. The monoisotopic (exact) mass is 558 g/mol. The van der Waals surface area contributed by atoms with E-state index in [0.717, 1.165) is 11.4 Å². The lowest BCUT2D eigenvalue weighted by molar-refractivity contribution is -0.0496. The molecule has 0 spiro atoms. The largest absolute Gasteiger partial charge is 0.524 e. The molecule has 0 aliphatic rings. The summed E-state index contributed by atoms with van der Waals surface area (Å²) in [5, 5.41) is 0. The first-order chi connectivity index (χ1) is 17.3. The van der Waals surface area contributed by atoms with E-state index in [4.69, 9.17) is 13.1 Å². The van der Waals surface area contributed by atoms with Crippen molar-refractivity contribution in [2.75, 3.05) is 51.9 Å². The lowest BCUT2D eigenvalue weighted by atomic mass is 10.3. The number of halogens is 3. The lowest BCUT2D eigenvalue weighted by Crippen LogP contribution is -2.27. The topological polar surface area (TPSA) is 68.3 Å². The maximum Gasteiger partial charge on any atom is 0.524 e. The van der Waals surface area contributed by atoms with E-state index in [2.05, 4.69) is 0 Å². The molecule has 0 bridgehead atoms. The van der Waals surface area contributed by atoms with Crippen LogP contribution in [0.5, 0.6) is 5.75 Å². The van der Waals surface area contributed by atoms with Gasteiger partial charge < -0.3 is 19.3 Å². The Morgan fingerprint density at radius 1 is 0.757 bits per heavy atom. The van der Waals surface area contributed by atoms with Crippen molar-refractivity contribution in [3.8, 4) is 5.75 Å². The third-order valence-electron chi connectivity index (χ3n) is 5.33. The summed E-state index contributed by atoms with van der Waals surface area (Å²) >= 11 is 0. The van der Waals surface area contributed by atoms with Crippen LogP contribution in [0.2, 0.25) is 0 Å². The van der Waals surface area contributed by atoms with Gasteiger partial charge in [0, 0.05) is 61.4 Å². The number of ether oxygens (including phenoxy) is 2. The van der Waals surface area contributed by atoms with E-state index in [1.807, 2.05) is 38.0 Å². The summed E-state index contributed by atoms with van der Waals surface area (Å²) in [4.78, 5) is 4.35. The number of anilines is 2. The van der Waals surface area contributed by atoms with Gasteiger partial charge in [0.1, 0.15) is 5.75 Å². The molecule has 3 aromatic carbocycles. The van der Waals surface area contributed by atoms with Crippen LogP contribution in [0.25, 0.3) is 0 Å². The number of benzene rings is 3. The minimum atomic E-state index is -6.03. The fraction of sp³-hybridized carbons (Fsp3) is 0.280. The predicted octanol–water partition coefficient (Wildman–Crippen LogP) is 5.86. The second kappa shape index (κ2) is 11.2. The first-order valence-corrected chi connectivity index (χ1v) is 13.9. The summed E-state index contributed by atoms with van der Waals surface area (Å²) < 4.78 is 82.2. The molecule has 0 atom stereocenters. The molecule has 0 N–H and O–H groups in total. The van der Waals surface area contributed by atoms with Gasteiger partial charge in [0.2, 0.25) is 0 Å². The quantitative estimate of drug-likeness (QED) is 0.228. The molecule has 202 valence electrons. The van der Waals surface area contributed by atoms with E-state index >= 15 is 0 Å². The molecular weight excluding hydrogens is 529 g/mol. The van der Waals surface area contributed by atoms with Crippen molar-refractivity contribution in [1.82, 2.24) is 0 Å². The van der Waals surface area contributed by atoms with Crippen LogP contribution < -0.4 is 14.5 Å². The fourth-order valence-corrected chi connectivity index (χ4v) is 8.17. The smallest absolute Gasteiger partial charge is 0.468 e. The molecule has 0 heterocycles. The van der Waals surface area contributed by atoms with E-state index < -0.39 is 25.9 Å². The third-order valence-corrected chi connectivity index (χ3v) is 10.2. The standard InChI is InChI=1S/C25H29F3N2O5S2/c1-29(2)19-9-13-22(14-10-19)36(35-37(31,32)25(26,27)28,23-15-11-20(12-16-23)30(3)4)24-8-6-7-21(17-24)34-18-33-5/h6-17H,18H2,1-5H3. The van der Waals surface area contributed by atoms with E-state index in [0.29, 0.717) is 0 Å². The molecular formula is C25H29F3N2O5S2. The van der Waals surface area contributed by atoms with Gasteiger partial charge in [-0.2, -0.15) is 25.2 Å². The van der Waals surface area contributed by atoms with Gasteiger partial charge >= 0.3 is 15.6 Å². The van der Waals surface area contributed by atoms with Gasteiger partial charge in [-0.25, -0.2) is 0 Å². The highest BCUT2D eigenvalue weighted by Crippen LogP contribution is 2.71. The molecule has 7 nitrogen and oxygen atoms in total. The molecule has 0 aromatic heterocycles. The molecule has 0 unspecified atom stereocenters. The molecule has 0 fully saturated rings. The van der Waals surface area contributed by atoms with E-state index in [-0.39, 0.29) is 27.2 Å². The highest BCUT2D eigenvalue weighted by molar-refractivity contribution is 8.33. The van der Waals surface area contributed by atoms with Crippen LogP contribution in [0.4, 0.5) is 24.5 Å². The molecule has 0 aliphatic carbocycles. The van der Waals surface area contributed by atoms with E-state index in [1.165, 1.54) is 19.2 Å². The van der Waals surface area contributed by atoms with Crippen molar-refractivity contribution in [3.05, 3.63) is 72.8 Å². The van der Waals surface area contributed by atoms with Crippen LogP contribution >= 0.6 is 10.3 Å². The molecule has 3 rings (SSSR count). The first-order valence-electron chi connectivity index (χ1n) is 10.9. The average molecular weight is 559 g/mol. The molecule has 12 heteroatoms. The fourth-order valence-electron chi connectivity index (χ4n) is 3.44. The summed E-state index contributed by atoms with van der Waals surface area (Å²) in [6, 6.07) is 19.3. The molecule has 0 saturated heterocycles. The number of alkyl halides is 3. The Kier molecular flexibility index (Phi) is 8.68. The number of hydrogen-bond donors (Lipinski definition) is 0. The van der Waals surface area contributed by atoms with E-state index in [1.54, 1.807) is 60.7 Å². The zero-order valence-electron chi connectivity index (χ0n) is 21.0. The zero-order valence-corrected chi connectivity index (χ0v) is 22.7. The Morgan fingerprint density at radius 2 is 1.24 bits per heavy atom. The maximum absolute atomic E-state index is 13.7. The van der Waals surface area contributed by atoms with Gasteiger partial charge in [-0.3, -0.25) is 0 Å². The van der Waals surface area contributed by atoms with Crippen molar-refractivity contribution in [3.63, 3.8) is 0 Å². The van der Waals surface area contributed by atoms with Crippen LogP contribution in [0.1, 0.15) is 0 Å². The summed E-state index contributed by atoms with van der Waals surface area (Å²) in [5.74, 6) is 0.277. The number of methoxy groups -OCH3 is 1. The maximum atomic E-state index is 13.7. The van der Waals surface area contributed by atoms with Crippen molar-refractivity contribution in [2.45, 2.75) is 20.2 Å². The molecule has 3 aromatic rings. The third kappa shape index (κ3) is 6.15. The Labute approximate surface area is 217 Å². The predicted molar refractivity (Wildman–Crippen MR) is 139 cm³/mol. The summed E-state index contributed by atoms with van der Waals surface area (Å²) in [6.45, 7) is -0.109.